The summed E-state index contributed by atoms with van der Waals surface area (Å²) >= 11 is 12.1. The summed E-state index contributed by atoms with van der Waals surface area (Å²) in [5.74, 6) is -1.08. The Kier molecular flexibility index (Phi) is 12.9. The minimum absolute atomic E-state index is 0.000171. The molecule has 0 atom stereocenters. The Balaban J connectivity index is 0.000000631. The van der Waals surface area contributed by atoms with Crippen LogP contribution in [0.3, 0.4) is 0 Å². The summed E-state index contributed by atoms with van der Waals surface area (Å²) in [6.45, 7) is 3.55. The molecule has 0 bridgehead atoms. The topological polar surface area (TPSA) is 168 Å². The van der Waals surface area contributed by atoms with Crippen LogP contribution in [-0.2, 0) is 23.2 Å². The number of hydrogen-bond acceptors (Lipinski definition) is 9. The van der Waals surface area contributed by atoms with Gasteiger partial charge in [0.25, 0.3) is 11.8 Å². The summed E-state index contributed by atoms with van der Waals surface area (Å²) in [5, 5.41) is 17.2. The second-order valence-electron chi connectivity index (χ2n) is 12.0. The van der Waals surface area contributed by atoms with E-state index in [1.165, 1.54) is 11.0 Å². The molecule has 0 spiro atoms. The number of pyridine rings is 2. The maximum atomic E-state index is 13.5. The molecular weight excluding hydrogens is 739 g/mol. The Labute approximate surface area is 320 Å². The fourth-order valence-corrected chi connectivity index (χ4v) is 5.85. The molecule has 0 unspecified atom stereocenters. The van der Waals surface area contributed by atoms with Crippen LogP contribution in [0.15, 0.2) is 91.3 Å². The van der Waals surface area contributed by atoms with Gasteiger partial charge in [0.1, 0.15) is 17.2 Å². The Morgan fingerprint density at radius 3 is 2.13 bits per heavy atom. The van der Waals surface area contributed by atoms with Crippen molar-refractivity contribution < 1.29 is 38.9 Å². The average molecular weight is 776 g/mol. The maximum Gasteiger partial charge on any atom is 0.328 e. The maximum absolute atomic E-state index is 13.5. The van der Waals surface area contributed by atoms with Gasteiger partial charge in [-0.05, 0) is 60.7 Å². The summed E-state index contributed by atoms with van der Waals surface area (Å²) in [6, 6.07) is 19.7. The number of benzene rings is 2. The number of methoxy groups -OCH3 is 1. The molecule has 54 heavy (non-hydrogen) atoms. The summed E-state index contributed by atoms with van der Waals surface area (Å²) in [7, 11) is 5.18. The quantitative estimate of drug-likeness (QED) is 0.159. The number of ether oxygens (including phenoxy) is 2. The lowest BCUT2D eigenvalue weighted by molar-refractivity contribution is -0.134. The number of amides is 2. The highest BCUT2D eigenvalue weighted by atomic mass is 35.5. The number of aryl methyl sites for hydroxylation is 1. The van der Waals surface area contributed by atoms with Crippen molar-refractivity contribution in [1.82, 2.24) is 24.3 Å². The average Bonchev–Trinajstić information content (AvgIpc) is 3.50. The van der Waals surface area contributed by atoms with Crippen molar-refractivity contribution in [2.75, 3.05) is 45.2 Å². The number of fused-ring (bicyclic) bond motifs is 1. The third-order valence-electron chi connectivity index (χ3n) is 8.48. The van der Waals surface area contributed by atoms with E-state index in [1.807, 2.05) is 52.9 Å². The van der Waals surface area contributed by atoms with Crippen molar-refractivity contribution in [3.8, 4) is 17.4 Å². The Bertz CT molecular complexity index is 2170. The van der Waals surface area contributed by atoms with Gasteiger partial charge < -0.3 is 34.1 Å². The Morgan fingerprint density at radius 1 is 0.833 bits per heavy atom. The molecule has 2 N–H and O–H groups in total. The highest BCUT2D eigenvalue weighted by Crippen LogP contribution is 2.29. The largest absolute Gasteiger partial charge is 0.495 e. The molecule has 1 saturated heterocycles. The van der Waals surface area contributed by atoms with Gasteiger partial charge in [0, 0.05) is 81.5 Å². The minimum atomic E-state index is -1.26. The molecule has 0 radical (unpaired) electrons. The zero-order valence-electron chi connectivity index (χ0n) is 29.5. The molecule has 14 nitrogen and oxygen atoms in total. The molecule has 0 aliphatic carbocycles. The standard InChI is InChI=1S/C34H32Cl2N6O4.C4H4O4/c1-39(33(43)22-4-9-28(35)29(36)17-22)25-6-11-32(38-19-25)46-26-8-10-30-23(16-26)18-31(40(30)2)34(44)42-14-12-41(13-15-42)21-24-5-7-27(45-3)20-37-24;5-3(6)1-2-4(7)8/h4-11,16-20H,12-15,21H2,1-3H3;1-2H,(H,5,6)(H,7,8). The first kappa shape index (κ1) is 39.3. The van der Waals surface area contributed by atoms with Crippen LogP contribution in [0, 0.1) is 0 Å². The molecule has 5 aromatic rings. The molecule has 6 rings (SSSR count). The van der Waals surface area contributed by atoms with Crippen LogP contribution in [0.4, 0.5) is 5.69 Å². The van der Waals surface area contributed by atoms with Gasteiger partial charge in [-0.15, -0.1) is 0 Å². The third-order valence-corrected chi connectivity index (χ3v) is 9.22. The van der Waals surface area contributed by atoms with Gasteiger partial charge in [-0.1, -0.05) is 23.2 Å². The lowest BCUT2D eigenvalue weighted by Gasteiger charge is -2.34. The predicted octanol–water partition coefficient (Wildman–Crippen LogP) is 6.02. The van der Waals surface area contributed by atoms with Gasteiger partial charge in [0.05, 0.1) is 40.9 Å². The number of aromatic nitrogens is 3. The smallest absolute Gasteiger partial charge is 0.328 e. The number of carboxylic acids is 2. The number of piperazine rings is 1. The third kappa shape index (κ3) is 9.92. The fraction of sp³-hybridized carbons (Fsp3) is 0.211. The van der Waals surface area contributed by atoms with Crippen LogP contribution >= 0.6 is 23.2 Å². The number of carbonyl (C=O) groups is 4. The summed E-state index contributed by atoms with van der Waals surface area (Å²) in [5.41, 5.74) is 3.51. The van der Waals surface area contributed by atoms with Crippen molar-refractivity contribution in [1.29, 1.82) is 0 Å². The van der Waals surface area contributed by atoms with E-state index in [0.717, 1.165) is 42.0 Å². The molecule has 1 aliphatic rings. The van der Waals surface area contributed by atoms with E-state index in [9.17, 15) is 19.2 Å². The van der Waals surface area contributed by atoms with E-state index in [-0.39, 0.29) is 11.8 Å². The number of carbonyl (C=O) groups excluding carboxylic acids is 2. The number of rotatable bonds is 10. The van der Waals surface area contributed by atoms with E-state index in [4.69, 9.17) is 42.9 Å². The van der Waals surface area contributed by atoms with Crippen LogP contribution in [0.5, 0.6) is 17.4 Å². The van der Waals surface area contributed by atoms with Gasteiger partial charge in [-0.3, -0.25) is 19.5 Å². The number of nitrogens with zero attached hydrogens (tertiary/aromatic N) is 6. The second-order valence-corrected chi connectivity index (χ2v) is 12.8. The number of hydrogen-bond donors (Lipinski definition) is 2. The molecule has 4 heterocycles. The molecule has 0 saturated carbocycles. The zero-order valence-corrected chi connectivity index (χ0v) is 31.0. The molecular formula is C38H36Cl2N6O8. The predicted molar refractivity (Wildman–Crippen MR) is 203 cm³/mol. The van der Waals surface area contributed by atoms with E-state index >= 15 is 0 Å². The van der Waals surface area contributed by atoms with Crippen LogP contribution in [0.2, 0.25) is 10.0 Å². The SMILES string of the molecule is COc1ccc(CN2CCN(C(=O)c3cc4cc(Oc5ccc(N(C)C(=O)c6ccc(Cl)c(Cl)c6)cn5)ccc4n3C)CC2)nc1.O=C(O)C=CC(=O)O. The van der Waals surface area contributed by atoms with Gasteiger partial charge >= 0.3 is 11.9 Å². The lowest BCUT2D eigenvalue weighted by atomic mass is 10.2. The molecule has 1 aliphatic heterocycles. The summed E-state index contributed by atoms with van der Waals surface area (Å²) in [6.07, 6.45) is 4.41. The minimum Gasteiger partial charge on any atom is -0.495 e. The zero-order chi connectivity index (χ0) is 38.9. The van der Waals surface area contributed by atoms with E-state index in [0.29, 0.717) is 63.9 Å². The second kappa shape index (κ2) is 17.7. The van der Waals surface area contributed by atoms with Crippen molar-refractivity contribution in [3.05, 3.63) is 118 Å². The summed E-state index contributed by atoms with van der Waals surface area (Å²) < 4.78 is 13.1. The van der Waals surface area contributed by atoms with Crippen molar-refractivity contribution >= 4 is 63.5 Å². The van der Waals surface area contributed by atoms with Crippen LogP contribution in [0.25, 0.3) is 10.9 Å². The summed E-state index contributed by atoms with van der Waals surface area (Å²) in [4.78, 5) is 60.1. The first-order chi connectivity index (χ1) is 25.8. The molecule has 2 aromatic carbocycles. The van der Waals surface area contributed by atoms with E-state index in [1.54, 1.807) is 50.8 Å². The number of anilines is 1. The molecule has 280 valence electrons. The van der Waals surface area contributed by atoms with Crippen molar-refractivity contribution in [2.45, 2.75) is 6.54 Å². The first-order valence-electron chi connectivity index (χ1n) is 16.4. The van der Waals surface area contributed by atoms with Gasteiger partial charge in [0.2, 0.25) is 5.88 Å². The van der Waals surface area contributed by atoms with Gasteiger partial charge in [-0.25, -0.2) is 14.6 Å². The molecule has 16 heteroatoms. The number of aliphatic carboxylic acids is 2. The van der Waals surface area contributed by atoms with Crippen molar-refractivity contribution in [3.63, 3.8) is 0 Å². The Hall–Kier alpha value is -5.96. The highest BCUT2D eigenvalue weighted by Gasteiger charge is 2.25. The monoisotopic (exact) mass is 774 g/mol. The first-order valence-corrected chi connectivity index (χ1v) is 17.2. The van der Waals surface area contributed by atoms with E-state index < -0.39 is 11.9 Å². The number of carboxylic acid groups (broad SMARTS) is 2. The molecule has 1 fully saturated rings. The van der Waals surface area contributed by atoms with Crippen LogP contribution in [-0.4, -0.2) is 98.6 Å². The fourth-order valence-electron chi connectivity index (χ4n) is 5.56. The molecule has 3 aromatic heterocycles. The van der Waals surface area contributed by atoms with Crippen LogP contribution in [0.1, 0.15) is 26.5 Å². The normalized spacial score (nSPS) is 12.9. The van der Waals surface area contributed by atoms with E-state index in [2.05, 4.69) is 14.9 Å². The molecule has 2 amide bonds. The van der Waals surface area contributed by atoms with Gasteiger partial charge in [-0.2, -0.15) is 0 Å². The van der Waals surface area contributed by atoms with Crippen LogP contribution < -0.4 is 14.4 Å². The number of halogens is 2. The van der Waals surface area contributed by atoms with Gasteiger partial charge in [0.15, 0.2) is 0 Å². The Morgan fingerprint density at radius 2 is 1.54 bits per heavy atom. The highest BCUT2D eigenvalue weighted by molar-refractivity contribution is 6.42. The lowest BCUT2D eigenvalue weighted by Crippen LogP contribution is -2.48. The van der Waals surface area contributed by atoms with Crippen molar-refractivity contribution in [2.24, 2.45) is 7.05 Å².